The third kappa shape index (κ3) is 3.61. The van der Waals surface area contributed by atoms with Crippen LogP contribution in [0.1, 0.15) is 31.8 Å². The van der Waals surface area contributed by atoms with Gasteiger partial charge in [0.15, 0.2) is 0 Å². The maximum absolute atomic E-state index is 12.2. The van der Waals surface area contributed by atoms with Crippen LogP contribution in [0, 0.1) is 13.8 Å². The molecular weight excluding hydrogens is 338 g/mol. The molecule has 2 N–H and O–H groups in total. The summed E-state index contributed by atoms with van der Waals surface area (Å²) in [5, 5.41) is 0.614. The molecule has 7 heteroatoms. The van der Waals surface area contributed by atoms with E-state index in [1.165, 1.54) is 18.4 Å². The lowest BCUT2D eigenvalue weighted by molar-refractivity contribution is 0.0600. The van der Waals surface area contributed by atoms with Gasteiger partial charge in [-0.2, -0.15) is 0 Å². The van der Waals surface area contributed by atoms with Crippen LogP contribution in [-0.4, -0.2) is 24.0 Å². The molecule has 2 aromatic carbocycles. The summed E-state index contributed by atoms with van der Waals surface area (Å²) in [4.78, 5) is 28.1. The number of fused-ring (bicyclic) bond motifs is 1. The summed E-state index contributed by atoms with van der Waals surface area (Å²) in [6, 6.07) is 10.3. The predicted molar refractivity (Wildman–Crippen MR) is 98.0 cm³/mol. The van der Waals surface area contributed by atoms with Gasteiger partial charge >= 0.3 is 5.97 Å². The lowest BCUT2D eigenvalue weighted by Gasteiger charge is -2.06. The van der Waals surface area contributed by atoms with Crippen molar-refractivity contribution in [1.29, 1.82) is 0 Å². The Labute approximate surface area is 148 Å². The molecule has 0 bridgehead atoms. The number of ether oxygens (including phenoxy) is 1. The zero-order valence-electron chi connectivity index (χ0n) is 14.0. The minimum absolute atomic E-state index is 0.316. The van der Waals surface area contributed by atoms with Gasteiger partial charge in [-0.25, -0.2) is 9.78 Å². The second-order valence-corrected chi connectivity index (χ2v) is 6.60. The van der Waals surface area contributed by atoms with Crippen LogP contribution in [-0.2, 0) is 4.74 Å². The SMILES string of the molecule is COC(=O)c1ccc(C(=O)NNc2nc3cc(C)cc(C)c3s2)cc1. The van der Waals surface area contributed by atoms with Crippen LogP contribution < -0.4 is 10.9 Å². The van der Waals surface area contributed by atoms with E-state index in [-0.39, 0.29) is 5.91 Å². The summed E-state index contributed by atoms with van der Waals surface area (Å²) in [5.41, 5.74) is 9.49. The number of thiazole rings is 1. The van der Waals surface area contributed by atoms with Gasteiger partial charge in [0, 0.05) is 5.56 Å². The third-order valence-electron chi connectivity index (χ3n) is 3.67. The highest BCUT2D eigenvalue weighted by molar-refractivity contribution is 7.22. The van der Waals surface area contributed by atoms with Crippen LogP contribution in [0.5, 0.6) is 0 Å². The lowest BCUT2D eigenvalue weighted by atomic mass is 10.1. The Bertz CT molecular complexity index is 948. The van der Waals surface area contributed by atoms with Crippen LogP contribution >= 0.6 is 11.3 Å². The largest absolute Gasteiger partial charge is 0.465 e. The van der Waals surface area contributed by atoms with Crippen LogP contribution in [0.25, 0.3) is 10.2 Å². The Morgan fingerprint density at radius 1 is 1.08 bits per heavy atom. The molecule has 0 aliphatic rings. The van der Waals surface area contributed by atoms with E-state index in [1.807, 2.05) is 19.9 Å². The van der Waals surface area contributed by atoms with Crippen LogP contribution in [0.4, 0.5) is 5.13 Å². The Hall–Kier alpha value is -2.93. The maximum atomic E-state index is 12.2. The fourth-order valence-corrected chi connectivity index (χ4v) is 3.36. The quantitative estimate of drug-likeness (QED) is 0.553. The van der Waals surface area contributed by atoms with Gasteiger partial charge in [-0.3, -0.25) is 15.6 Å². The number of amides is 1. The van der Waals surface area contributed by atoms with E-state index in [2.05, 4.69) is 26.6 Å². The first-order valence-corrected chi connectivity index (χ1v) is 8.42. The molecule has 1 aromatic heterocycles. The molecule has 0 saturated heterocycles. The van der Waals surface area contributed by atoms with Gasteiger partial charge in [-0.1, -0.05) is 17.4 Å². The number of benzene rings is 2. The molecule has 0 radical (unpaired) electrons. The van der Waals surface area contributed by atoms with Gasteiger partial charge in [-0.05, 0) is 55.3 Å². The minimum Gasteiger partial charge on any atom is -0.465 e. The second kappa shape index (κ2) is 6.90. The maximum Gasteiger partial charge on any atom is 0.337 e. The van der Waals surface area contributed by atoms with Crippen molar-refractivity contribution >= 4 is 38.6 Å². The Kier molecular flexibility index (Phi) is 4.67. The molecule has 0 unspecified atom stereocenters. The highest BCUT2D eigenvalue weighted by Crippen LogP contribution is 2.29. The predicted octanol–water partition coefficient (Wildman–Crippen LogP) is 3.46. The molecule has 128 valence electrons. The summed E-state index contributed by atoms with van der Waals surface area (Å²) < 4.78 is 5.72. The molecule has 0 fully saturated rings. The van der Waals surface area contributed by atoms with Crippen molar-refractivity contribution in [1.82, 2.24) is 10.4 Å². The van der Waals surface area contributed by atoms with Crippen molar-refractivity contribution in [3.63, 3.8) is 0 Å². The Balaban J connectivity index is 1.70. The number of rotatable bonds is 4. The fourth-order valence-electron chi connectivity index (χ4n) is 2.49. The molecule has 1 amide bonds. The lowest BCUT2D eigenvalue weighted by Crippen LogP contribution is -2.29. The average Bonchev–Trinajstić information content (AvgIpc) is 3.02. The van der Waals surface area contributed by atoms with Gasteiger partial charge in [0.2, 0.25) is 5.13 Å². The number of methoxy groups -OCH3 is 1. The van der Waals surface area contributed by atoms with E-state index in [0.29, 0.717) is 16.3 Å². The van der Waals surface area contributed by atoms with Crippen molar-refractivity contribution in [2.24, 2.45) is 0 Å². The summed E-state index contributed by atoms with van der Waals surface area (Å²) in [7, 11) is 1.31. The van der Waals surface area contributed by atoms with E-state index in [4.69, 9.17) is 0 Å². The molecule has 6 nitrogen and oxygen atoms in total. The van der Waals surface area contributed by atoms with Crippen molar-refractivity contribution in [2.45, 2.75) is 13.8 Å². The number of esters is 1. The molecule has 25 heavy (non-hydrogen) atoms. The zero-order chi connectivity index (χ0) is 18.0. The summed E-state index contributed by atoms with van der Waals surface area (Å²) in [6.45, 7) is 4.07. The number of carbonyl (C=O) groups is 2. The summed E-state index contributed by atoms with van der Waals surface area (Å²) >= 11 is 1.48. The van der Waals surface area contributed by atoms with Crippen LogP contribution in [0.15, 0.2) is 36.4 Å². The average molecular weight is 355 g/mol. The number of nitrogens with zero attached hydrogens (tertiary/aromatic N) is 1. The molecule has 0 aliphatic heterocycles. The number of carbonyl (C=O) groups excluding carboxylic acids is 2. The zero-order valence-corrected chi connectivity index (χ0v) is 14.9. The number of anilines is 1. The summed E-state index contributed by atoms with van der Waals surface area (Å²) in [5.74, 6) is -0.756. The van der Waals surface area contributed by atoms with Crippen LogP contribution in [0.2, 0.25) is 0 Å². The van der Waals surface area contributed by atoms with Crippen molar-refractivity contribution < 1.29 is 14.3 Å². The number of hydrazine groups is 1. The van der Waals surface area contributed by atoms with E-state index in [9.17, 15) is 9.59 Å². The van der Waals surface area contributed by atoms with E-state index < -0.39 is 5.97 Å². The number of hydrogen-bond donors (Lipinski definition) is 2. The van der Waals surface area contributed by atoms with Crippen molar-refractivity contribution in [3.05, 3.63) is 58.7 Å². The molecule has 0 saturated carbocycles. The first-order chi connectivity index (χ1) is 12.0. The van der Waals surface area contributed by atoms with Gasteiger partial charge in [0.25, 0.3) is 5.91 Å². The number of aryl methyl sites for hydroxylation is 2. The second-order valence-electron chi connectivity index (χ2n) is 5.60. The number of nitrogens with one attached hydrogen (secondary N) is 2. The van der Waals surface area contributed by atoms with Gasteiger partial charge in [0.1, 0.15) is 0 Å². The highest BCUT2D eigenvalue weighted by atomic mass is 32.1. The molecule has 3 aromatic rings. The van der Waals surface area contributed by atoms with Crippen molar-refractivity contribution in [3.8, 4) is 0 Å². The molecule has 3 rings (SSSR count). The standard InChI is InChI=1S/C18H17N3O3S/c1-10-8-11(2)15-14(9-10)19-18(25-15)21-20-16(22)12-4-6-13(7-5-12)17(23)24-3/h4-9H,1-3H3,(H,19,21)(H,20,22). The van der Waals surface area contributed by atoms with Gasteiger partial charge in [-0.15, -0.1) is 0 Å². The smallest absolute Gasteiger partial charge is 0.337 e. The summed E-state index contributed by atoms with van der Waals surface area (Å²) in [6.07, 6.45) is 0. The van der Waals surface area contributed by atoms with Gasteiger partial charge in [0.05, 0.1) is 22.9 Å². The normalized spacial score (nSPS) is 10.5. The highest BCUT2D eigenvalue weighted by Gasteiger charge is 2.11. The van der Waals surface area contributed by atoms with Crippen molar-refractivity contribution in [2.75, 3.05) is 12.5 Å². The molecular formula is C18H17N3O3S. The molecule has 0 aliphatic carbocycles. The Morgan fingerprint density at radius 3 is 2.44 bits per heavy atom. The number of hydrogen-bond acceptors (Lipinski definition) is 6. The van der Waals surface area contributed by atoms with Crippen LogP contribution in [0.3, 0.4) is 0 Å². The molecule has 1 heterocycles. The third-order valence-corrected chi connectivity index (χ3v) is 4.79. The first kappa shape index (κ1) is 16.9. The Morgan fingerprint density at radius 2 is 1.76 bits per heavy atom. The topological polar surface area (TPSA) is 80.3 Å². The minimum atomic E-state index is -0.440. The number of aromatic nitrogens is 1. The van der Waals surface area contributed by atoms with E-state index in [1.54, 1.807) is 24.3 Å². The molecule has 0 atom stereocenters. The van der Waals surface area contributed by atoms with E-state index >= 15 is 0 Å². The van der Waals surface area contributed by atoms with E-state index in [0.717, 1.165) is 21.3 Å². The monoisotopic (exact) mass is 355 g/mol. The fraction of sp³-hybridized carbons (Fsp3) is 0.167. The van der Waals surface area contributed by atoms with Gasteiger partial charge < -0.3 is 4.74 Å². The first-order valence-electron chi connectivity index (χ1n) is 7.60. The molecule has 0 spiro atoms.